The number of aliphatic hydroxyl groups is 2. The zero-order chi connectivity index (χ0) is 45.9. The monoisotopic (exact) mass is 882 g/mol. The van der Waals surface area contributed by atoms with Gasteiger partial charge in [0.25, 0.3) is 0 Å². The molecule has 0 heterocycles. The van der Waals surface area contributed by atoms with Gasteiger partial charge in [0.15, 0.2) is 0 Å². The minimum absolute atomic E-state index is 0.0558. The molecule has 1 amide bonds. The fraction of sp³-hybridized carbons (Fsp3) is 0.789. The normalized spacial score (nSPS) is 13.7. The van der Waals surface area contributed by atoms with Crippen LogP contribution in [-0.2, 0) is 14.3 Å². The third kappa shape index (κ3) is 45.9. The summed E-state index contributed by atoms with van der Waals surface area (Å²) in [6, 6.07) is -0.712. The van der Waals surface area contributed by atoms with Gasteiger partial charge >= 0.3 is 5.97 Å². The standard InChI is InChI=1S/C57H103NO5/c1-4-7-10-13-16-19-22-24-26-28-30-32-34-37-40-43-46-49-55(60)54(52-59)58-56(61)51-53(48-45-42-39-36-21-18-15-12-9-6-3)63-57(62)50-47-44-41-38-35-33-31-29-27-25-23-20-17-14-11-8-5-2/h8,11,17,20,25,27,31,33,38,41,53-55,59-60H,4-7,9-10,12-16,18-19,21-24,26,28-30,32,34-37,39-40,42-52H2,1-3H3,(H,58,61)/b11-8-,20-17-,27-25-,33-31-,41-38-. The smallest absolute Gasteiger partial charge is 0.306 e. The summed E-state index contributed by atoms with van der Waals surface area (Å²) in [4.78, 5) is 26.1. The Morgan fingerprint density at radius 2 is 0.841 bits per heavy atom. The second-order valence-corrected chi connectivity index (χ2v) is 18.3. The van der Waals surface area contributed by atoms with E-state index in [1.165, 1.54) is 135 Å². The lowest BCUT2D eigenvalue weighted by Gasteiger charge is -2.24. The van der Waals surface area contributed by atoms with Gasteiger partial charge in [-0.05, 0) is 64.2 Å². The SMILES string of the molecule is CC/C=C\C/C=C\C/C=C\C/C=C\C/C=C\CCCC(=O)OC(CCCCCCCCCCCC)CC(=O)NC(CO)C(O)CCCCCCCCCCCCCCCCCCC. The maximum atomic E-state index is 13.2. The minimum atomic E-state index is -0.797. The van der Waals surface area contributed by atoms with Crippen LogP contribution in [0.3, 0.4) is 0 Å². The molecule has 6 heteroatoms. The molecule has 3 unspecified atom stereocenters. The van der Waals surface area contributed by atoms with Crippen molar-refractivity contribution in [3.8, 4) is 0 Å². The van der Waals surface area contributed by atoms with Crippen LogP contribution in [0.15, 0.2) is 60.8 Å². The van der Waals surface area contributed by atoms with Gasteiger partial charge in [-0.25, -0.2) is 0 Å². The highest BCUT2D eigenvalue weighted by atomic mass is 16.5. The van der Waals surface area contributed by atoms with Crippen LogP contribution in [0.25, 0.3) is 0 Å². The molecule has 0 bridgehead atoms. The Labute approximate surface area is 390 Å². The zero-order valence-electron chi connectivity index (χ0n) is 41.7. The van der Waals surface area contributed by atoms with Crippen molar-refractivity contribution in [2.45, 2.75) is 283 Å². The highest BCUT2D eigenvalue weighted by Crippen LogP contribution is 2.18. The van der Waals surface area contributed by atoms with Gasteiger partial charge in [-0.2, -0.15) is 0 Å². The number of unbranched alkanes of at least 4 members (excludes halogenated alkanes) is 26. The molecule has 0 aliphatic heterocycles. The van der Waals surface area contributed by atoms with E-state index in [1.807, 2.05) is 0 Å². The largest absolute Gasteiger partial charge is 0.462 e. The number of hydrogen-bond donors (Lipinski definition) is 3. The Bertz CT molecular complexity index is 1130. The van der Waals surface area contributed by atoms with E-state index in [0.717, 1.165) is 77.0 Å². The van der Waals surface area contributed by atoms with Gasteiger partial charge in [-0.15, -0.1) is 0 Å². The molecule has 0 aliphatic rings. The van der Waals surface area contributed by atoms with Gasteiger partial charge in [0.2, 0.25) is 5.91 Å². The molecule has 0 spiro atoms. The molecule has 0 saturated heterocycles. The third-order valence-corrected chi connectivity index (χ3v) is 12.1. The number of rotatable bonds is 48. The number of esters is 1. The van der Waals surface area contributed by atoms with Crippen molar-refractivity contribution in [2.24, 2.45) is 0 Å². The number of aliphatic hydroxyl groups excluding tert-OH is 2. The Morgan fingerprint density at radius 3 is 1.24 bits per heavy atom. The molecular formula is C57H103NO5. The molecule has 6 nitrogen and oxygen atoms in total. The topological polar surface area (TPSA) is 95.9 Å². The van der Waals surface area contributed by atoms with Crippen molar-refractivity contribution in [3.05, 3.63) is 60.8 Å². The lowest BCUT2D eigenvalue weighted by Crippen LogP contribution is -2.46. The van der Waals surface area contributed by atoms with Crippen LogP contribution in [0.4, 0.5) is 0 Å². The molecule has 0 aromatic rings. The number of carbonyl (C=O) groups excluding carboxylic acids is 2. The van der Waals surface area contributed by atoms with E-state index in [9.17, 15) is 19.8 Å². The van der Waals surface area contributed by atoms with Crippen molar-refractivity contribution in [1.82, 2.24) is 5.32 Å². The van der Waals surface area contributed by atoms with Crippen LogP contribution in [0, 0.1) is 0 Å². The van der Waals surface area contributed by atoms with Crippen molar-refractivity contribution in [3.63, 3.8) is 0 Å². The molecule has 0 aliphatic carbocycles. The summed E-state index contributed by atoms with van der Waals surface area (Å²) in [6.07, 6.45) is 62.9. The van der Waals surface area contributed by atoms with Gasteiger partial charge in [-0.1, -0.05) is 248 Å². The van der Waals surface area contributed by atoms with E-state index in [0.29, 0.717) is 25.7 Å². The van der Waals surface area contributed by atoms with Crippen LogP contribution < -0.4 is 5.32 Å². The second-order valence-electron chi connectivity index (χ2n) is 18.3. The Hall–Kier alpha value is -2.44. The Kier molecular flexibility index (Phi) is 48.6. The number of allylic oxidation sites excluding steroid dienone is 10. The molecule has 0 aromatic carbocycles. The first-order valence-electron chi connectivity index (χ1n) is 27.0. The first-order chi connectivity index (χ1) is 31.0. The molecule has 0 saturated carbocycles. The van der Waals surface area contributed by atoms with E-state index in [2.05, 4.69) is 86.8 Å². The van der Waals surface area contributed by atoms with Crippen molar-refractivity contribution < 1.29 is 24.5 Å². The number of nitrogens with one attached hydrogen (secondary N) is 1. The van der Waals surface area contributed by atoms with Crippen molar-refractivity contribution in [2.75, 3.05) is 6.61 Å². The molecule has 3 N–H and O–H groups in total. The number of carbonyl (C=O) groups is 2. The second kappa shape index (κ2) is 50.6. The maximum Gasteiger partial charge on any atom is 0.306 e. The lowest BCUT2D eigenvalue weighted by atomic mass is 10.0. The van der Waals surface area contributed by atoms with Gasteiger partial charge in [0.1, 0.15) is 6.10 Å². The molecule has 3 atom stereocenters. The first kappa shape index (κ1) is 60.6. The molecule has 0 aromatic heterocycles. The van der Waals surface area contributed by atoms with Crippen LogP contribution in [0.2, 0.25) is 0 Å². The summed E-state index contributed by atoms with van der Waals surface area (Å²) in [7, 11) is 0. The third-order valence-electron chi connectivity index (χ3n) is 12.1. The first-order valence-corrected chi connectivity index (χ1v) is 27.0. The van der Waals surface area contributed by atoms with Crippen LogP contribution in [0.1, 0.15) is 265 Å². The average molecular weight is 882 g/mol. The average Bonchev–Trinajstić information content (AvgIpc) is 3.28. The summed E-state index contributed by atoms with van der Waals surface area (Å²) in [5, 5.41) is 23.8. The molecule has 366 valence electrons. The summed E-state index contributed by atoms with van der Waals surface area (Å²) in [5.74, 6) is -0.538. The predicted octanol–water partition coefficient (Wildman–Crippen LogP) is 16.4. The van der Waals surface area contributed by atoms with Crippen LogP contribution in [-0.4, -0.2) is 46.9 Å². The zero-order valence-corrected chi connectivity index (χ0v) is 41.7. The van der Waals surface area contributed by atoms with Gasteiger partial charge in [0.05, 0.1) is 25.2 Å². The van der Waals surface area contributed by atoms with Crippen molar-refractivity contribution >= 4 is 11.9 Å². The molecule has 0 fully saturated rings. The fourth-order valence-electron chi connectivity index (χ4n) is 8.06. The molecule has 0 radical (unpaired) electrons. The van der Waals surface area contributed by atoms with Crippen LogP contribution in [0.5, 0.6) is 0 Å². The summed E-state index contributed by atoms with van der Waals surface area (Å²) in [6.45, 7) is 6.36. The van der Waals surface area contributed by atoms with Gasteiger partial charge in [-0.3, -0.25) is 9.59 Å². The van der Waals surface area contributed by atoms with Crippen LogP contribution >= 0.6 is 0 Å². The van der Waals surface area contributed by atoms with Gasteiger partial charge in [0, 0.05) is 6.42 Å². The highest BCUT2D eigenvalue weighted by Gasteiger charge is 2.24. The number of hydrogen-bond acceptors (Lipinski definition) is 5. The van der Waals surface area contributed by atoms with Crippen molar-refractivity contribution in [1.29, 1.82) is 0 Å². The quantitative estimate of drug-likeness (QED) is 0.0321. The van der Waals surface area contributed by atoms with E-state index >= 15 is 0 Å². The van der Waals surface area contributed by atoms with E-state index in [-0.39, 0.29) is 24.9 Å². The Balaban J connectivity index is 4.52. The molecular weight excluding hydrogens is 779 g/mol. The summed E-state index contributed by atoms with van der Waals surface area (Å²) in [5.41, 5.74) is 0. The van der Waals surface area contributed by atoms with Gasteiger partial charge < -0.3 is 20.3 Å². The summed E-state index contributed by atoms with van der Waals surface area (Å²) < 4.78 is 5.90. The number of amides is 1. The molecule has 0 rings (SSSR count). The molecule has 63 heavy (non-hydrogen) atoms. The maximum absolute atomic E-state index is 13.2. The minimum Gasteiger partial charge on any atom is -0.462 e. The predicted molar refractivity (Wildman–Crippen MR) is 273 cm³/mol. The van der Waals surface area contributed by atoms with E-state index < -0.39 is 18.2 Å². The fourth-order valence-corrected chi connectivity index (χ4v) is 8.06. The van der Waals surface area contributed by atoms with E-state index in [1.54, 1.807) is 0 Å². The highest BCUT2D eigenvalue weighted by molar-refractivity contribution is 5.77. The van der Waals surface area contributed by atoms with E-state index in [4.69, 9.17) is 4.74 Å². The Morgan fingerprint density at radius 1 is 0.476 bits per heavy atom. The lowest BCUT2D eigenvalue weighted by molar-refractivity contribution is -0.151. The number of ether oxygens (including phenoxy) is 1. The summed E-state index contributed by atoms with van der Waals surface area (Å²) >= 11 is 0.